The molecule has 0 aromatic heterocycles. The van der Waals surface area contributed by atoms with E-state index >= 15 is 0 Å². The van der Waals surface area contributed by atoms with Crippen molar-refractivity contribution in [2.45, 2.75) is 45.4 Å². The van der Waals surface area contributed by atoms with Gasteiger partial charge in [-0.1, -0.05) is 19.8 Å². The number of nitrogens with one attached hydrogen (secondary N) is 1. The van der Waals surface area contributed by atoms with E-state index in [1.165, 1.54) is 0 Å². The molecule has 1 rings (SSSR count). The number of rotatable bonds is 5. The van der Waals surface area contributed by atoms with Crippen LogP contribution in [0.5, 0.6) is 0 Å². The Morgan fingerprint density at radius 1 is 1.50 bits per heavy atom. The highest BCUT2D eigenvalue weighted by Crippen LogP contribution is 2.21. The molecular formula is C11H19NO2. The second-order valence-corrected chi connectivity index (χ2v) is 3.91. The van der Waals surface area contributed by atoms with E-state index in [4.69, 9.17) is 0 Å². The first-order chi connectivity index (χ1) is 6.75. The molecule has 3 nitrogen and oxygen atoms in total. The van der Waals surface area contributed by atoms with E-state index in [2.05, 4.69) is 12.2 Å². The highest BCUT2D eigenvalue weighted by Gasteiger charge is 2.30. The number of carbonyl (C=O) groups is 2. The van der Waals surface area contributed by atoms with Gasteiger partial charge in [0.25, 0.3) is 0 Å². The summed E-state index contributed by atoms with van der Waals surface area (Å²) in [4.78, 5) is 22.7. The van der Waals surface area contributed by atoms with Crippen molar-refractivity contribution in [1.29, 1.82) is 0 Å². The summed E-state index contributed by atoms with van der Waals surface area (Å²) in [6.07, 6.45) is 5.53. The van der Waals surface area contributed by atoms with E-state index < -0.39 is 0 Å². The Kier molecular flexibility index (Phi) is 4.63. The van der Waals surface area contributed by atoms with Gasteiger partial charge in [0.05, 0.1) is 5.92 Å². The molecule has 1 N–H and O–H groups in total. The van der Waals surface area contributed by atoms with Gasteiger partial charge in [-0.3, -0.25) is 9.59 Å². The van der Waals surface area contributed by atoms with Crippen molar-refractivity contribution in [3.8, 4) is 0 Å². The molecule has 0 heterocycles. The molecule has 1 amide bonds. The lowest BCUT2D eigenvalue weighted by Crippen LogP contribution is -2.33. The molecule has 1 atom stereocenters. The number of ketones is 1. The molecule has 1 saturated carbocycles. The molecule has 0 saturated heterocycles. The van der Waals surface area contributed by atoms with Crippen molar-refractivity contribution < 1.29 is 9.59 Å². The van der Waals surface area contributed by atoms with E-state index in [1.54, 1.807) is 0 Å². The third-order valence-corrected chi connectivity index (χ3v) is 2.70. The number of amides is 1. The van der Waals surface area contributed by atoms with Crippen LogP contribution in [0.25, 0.3) is 0 Å². The van der Waals surface area contributed by atoms with Gasteiger partial charge >= 0.3 is 0 Å². The summed E-state index contributed by atoms with van der Waals surface area (Å²) in [6, 6.07) is 0. The van der Waals surface area contributed by atoms with Crippen LogP contribution in [0, 0.1) is 5.92 Å². The van der Waals surface area contributed by atoms with E-state index in [1.807, 2.05) is 0 Å². The zero-order valence-corrected chi connectivity index (χ0v) is 8.84. The van der Waals surface area contributed by atoms with Crippen molar-refractivity contribution in [3.63, 3.8) is 0 Å². The van der Waals surface area contributed by atoms with Crippen LogP contribution >= 0.6 is 0 Å². The molecular weight excluding hydrogens is 178 g/mol. The lowest BCUT2D eigenvalue weighted by Gasteiger charge is -2.08. The van der Waals surface area contributed by atoms with Crippen LogP contribution in [0.4, 0.5) is 0 Å². The van der Waals surface area contributed by atoms with Crippen molar-refractivity contribution in [2.75, 3.05) is 6.54 Å². The van der Waals surface area contributed by atoms with Crippen molar-refractivity contribution >= 4 is 11.7 Å². The molecule has 1 aliphatic rings. The highest BCUT2D eigenvalue weighted by molar-refractivity contribution is 6.02. The minimum atomic E-state index is -0.336. The molecule has 80 valence electrons. The van der Waals surface area contributed by atoms with Crippen molar-refractivity contribution in [2.24, 2.45) is 5.92 Å². The Labute approximate surface area is 85.3 Å². The van der Waals surface area contributed by atoms with Crippen LogP contribution in [0.3, 0.4) is 0 Å². The Balaban J connectivity index is 2.18. The summed E-state index contributed by atoms with van der Waals surface area (Å²) in [5.41, 5.74) is 0. The van der Waals surface area contributed by atoms with Crippen LogP contribution in [0.2, 0.25) is 0 Å². The Morgan fingerprint density at radius 3 is 2.86 bits per heavy atom. The molecule has 0 bridgehead atoms. The first-order valence-electron chi connectivity index (χ1n) is 5.56. The molecule has 0 aromatic rings. The number of unbranched alkanes of at least 4 members (excludes halogenated alkanes) is 2. The molecule has 1 aliphatic carbocycles. The summed E-state index contributed by atoms with van der Waals surface area (Å²) in [6.45, 7) is 2.85. The first kappa shape index (κ1) is 11.2. The average Bonchev–Trinajstić information content (AvgIpc) is 2.59. The topological polar surface area (TPSA) is 46.2 Å². The van der Waals surface area contributed by atoms with Crippen LogP contribution in [-0.4, -0.2) is 18.2 Å². The maximum atomic E-state index is 11.5. The predicted molar refractivity (Wildman–Crippen MR) is 54.9 cm³/mol. The van der Waals surface area contributed by atoms with Gasteiger partial charge in [0, 0.05) is 13.0 Å². The second kappa shape index (κ2) is 5.78. The Bertz CT molecular complexity index is 213. The van der Waals surface area contributed by atoms with Crippen LogP contribution in [0.1, 0.15) is 45.4 Å². The fourth-order valence-electron chi connectivity index (χ4n) is 1.80. The lowest BCUT2D eigenvalue weighted by molar-refractivity contribution is -0.132. The maximum absolute atomic E-state index is 11.5. The van der Waals surface area contributed by atoms with Gasteiger partial charge in [0.2, 0.25) is 5.91 Å². The zero-order chi connectivity index (χ0) is 10.4. The third kappa shape index (κ3) is 3.13. The Hall–Kier alpha value is -0.860. The minimum Gasteiger partial charge on any atom is -0.355 e. The molecule has 0 unspecified atom stereocenters. The number of hydrogen-bond donors (Lipinski definition) is 1. The largest absolute Gasteiger partial charge is 0.355 e. The van der Waals surface area contributed by atoms with Crippen LogP contribution < -0.4 is 5.32 Å². The van der Waals surface area contributed by atoms with E-state index in [-0.39, 0.29) is 17.6 Å². The summed E-state index contributed by atoms with van der Waals surface area (Å²) in [5, 5.41) is 2.83. The minimum absolute atomic E-state index is 0.0522. The Morgan fingerprint density at radius 2 is 2.29 bits per heavy atom. The fourth-order valence-corrected chi connectivity index (χ4v) is 1.80. The second-order valence-electron chi connectivity index (χ2n) is 3.91. The lowest BCUT2D eigenvalue weighted by atomic mass is 10.1. The van der Waals surface area contributed by atoms with Gasteiger partial charge in [-0.05, 0) is 19.3 Å². The number of hydrogen-bond acceptors (Lipinski definition) is 2. The quantitative estimate of drug-likeness (QED) is 0.538. The summed E-state index contributed by atoms with van der Waals surface area (Å²) < 4.78 is 0. The SMILES string of the molecule is CCCCCNC(=O)[C@@H]1CCCC1=O. The van der Waals surface area contributed by atoms with E-state index in [9.17, 15) is 9.59 Å². The van der Waals surface area contributed by atoms with E-state index in [0.29, 0.717) is 6.42 Å². The van der Waals surface area contributed by atoms with Crippen LogP contribution in [-0.2, 0) is 9.59 Å². The molecule has 1 fully saturated rings. The first-order valence-corrected chi connectivity index (χ1v) is 5.56. The van der Waals surface area contributed by atoms with Gasteiger partial charge in [-0.2, -0.15) is 0 Å². The smallest absolute Gasteiger partial charge is 0.230 e. The zero-order valence-electron chi connectivity index (χ0n) is 8.84. The van der Waals surface area contributed by atoms with Gasteiger partial charge in [-0.15, -0.1) is 0 Å². The van der Waals surface area contributed by atoms with Gasteiger partial charge in [0.1, 0.15) is 5.78 Å². The predicted octanol–water partition coefficient (Wildman–Crippen LogP) is 1.66. The van der Waals surface area contributed by atoms with E-state index in [0.717, 1.165) is 38.6 Å². The van der Waals surface area contributed by atoms with Gasteiger partial charge in [0.15, 0.2) is 0 Å². The normalized spacial score (nSPS) is 21.2. The van der Waals surface area contributed by atoms with Crippen molar-refractivity contribution in [1.82, 2.24) is 5.32 Å². The van der Waals surface area contributed by atoms with Gasteiger partial charge < -0.3 is 5.32 Å². The summed E-state index contributed by atoms with van der Waals surface area (Å²) in [5.74, 6) is -0.266. The monoisotopic (exact) mass is 197 g/mol. The summed E-state index contributed by atoms with van der Waals surface area (Å²) >= 11 is 0. The van der Waals surface area contributed by atoms with Crippen LogP contribution in [0.15, 0.2) is 0 Å². The molecule has 0 spiro atoms. The standard InChI is InChI=1S/C11H19NO2/c1-2-3-4-8-12-11(14)9-6-5-7-10(9)13/h9H,2-8H2,1H3,(H,12,14)/t9-/m1/s1. The molecule has 0 aromatic carbocycles. The number of Topliss-reactive ketones (excluding diaryl/α,β-unsaturated/α-hetero) is 1. The van der Waals surface area contributed by atoms with Crippen molar-refractivity contribution in [3.05, 3.63) is 0 Å². The molecule has 14 heavy (non-hydrogen) atoms. The summed E-state index contributed by atoms with van der Waals surface area (Å²) in [7, 11) is 0. The third-order valence-electron chi connectivity index (χ3n) is 2.70. The van der Waals surface area contributed by atoms with Gasteiger partial charge in [-0.25, -0.2) is 0 Å². The highest BCUT2D eigenvalue weighted by atomic mass is 16.2. The molecule has 0 aliphatic heterocycles. The fraction of sp³-hybridized carbons (Fsp3) is 0.818. The average molecular weight is 197 g/mol. The molecule has 0 radical (unpaired) electrons. The maximum Gasteiger partial charge on any atom is 0.230 e. The molecule has 3 heteroatoms. The number of carbonyl (C=O) groups excluding carboxylic acids is 2.